The van der Waals surface area contributed by atoms with Crippen molar-refractivity contribution in [2.24, 2.45) is 0 Å². The van der Waals surface area contributed by atoms with Crippen LogP contribution < -0.4 is 14.8 Å². The number of rotatable bonds is 6. The Bertz CT molecular complexity index is 2240. The molecule has 5 heterocycles. The first-order chi connectivity index (χ1) is 21.1. The number of halogens is 1. The molecule has 0 atom stereocenters. The van der Waals surface area contributed by atoms with Crippen molar-refractivity contribution < 1.29 is 26.8 Å². The maximum Gasteiger partial charge on any atom is 0.255 e. The van der Waals surface area contributed by atoms with Crippen LogP contribution in [0.4, 0.5) is 10.1 Å². The maximum absolute atomic E-state index is 13.7. The Kier molecular flexibility index (Phi) is 6.39. The highest BCUT2D eigenvalue weighted by Gasteiger charge is 2.26. The van der Waals surface area contributed by atoms with Crippen LogP contribution in [0.3, 0.4) is 0 Å². The lowest BCUT2D eigenvalue weighted by atomic mass is 9.99. The predicted octanol–water partition coefficient (Wildman–Crippen LogP) is 5.61. The lowest BCUT2D eigenvalue weighted by Gasteiger charge is -2.20. The summed E-state index contributed by atoms with van der Waals surface area (Å²) < 4.78 is 54.8. The van der Waals surface area contributed by atoms with Gasteiger partial charge in [0.15, 0.2) is 0 Å². The molecule has 6 aromatic rings. The molecular formula is C32H26FN5O5S. The number of sulfonamides is 1. The number of benzene rings is 2. The molecule has 12 heteroatoms. The molecule has 1 aliphatic rings. The highest BCUT2D eigenvalue weighted by Crippen LogP contribution is 2.41. The smallest absolute Gasteiger partial charge is 0.255 e. The molecule has 1 aliphatic heterocycles. The highest BCUT2D eigenvalue weighted by molar-refractivity contribution is 7.92. The number of anilines is 1. The second-order valence-electron chi connectivity index (χ2n) is 10.6. The van der Waals surface area contributed by atoms with E-state index in [-0.39, 0.29) is 22.6 Å². The number of hydrogen-bond donors (Lipinski definition) is 2. The first-order valence-corrected chi connectivity index (χ1v) is 15.6. The van der Waals surface area contributed by atoms with Gasteiger partial charge in [0.1, 0.15) is 17.2 Å². The summed E-state index contributed by atoms with van der Waals surface area (Å²) in [6.45, 7) is 0.754. The molecule has 44 heavy (non-hydrogen) atoms. The minimum absolute atomic E-state index is 0.229. The van der Waals surface area contributed by atoms with Crippen molar-refractivity contribution in [1.29, 1.82) is 0 Å². The number of amides is 1. The van der Waals surface area contributed by atoms with Crippen molar-refractivity contribution in [2.75, 3.05) is 25.1 Å². The Morgan fingerprint density at radius 1 is 1.05 bits per heavy atom. The van der Waals surface area contributed by atoms with Crippen LogP contribution in [-0.4, -0.2) is 49.3 Å². The molecule has 7 rings (SSSR count). The largest absolute Gasteiger partial charge is 0.481 e. The van der Waals surface area contributed by atoms with E-state index >= 15 is 0 Å². The average molecular weight is 612 g/mol. The van der Waals surface area contributed by atoms with Crippen LogP contribution in [0, 0.1) is 5.82 Å². The van der Waals surface area contributed by atoms with E-state index in [4.69, 9.17) is 14.1 Å². The summed E-state index contributed by atoms with van der Waals surface area (Å²) >= 11 is 0. The summed E-state index contributed by atoms with van der Waals surface area (Å²) in [6.07, 6.45) is 1.81. The Morgan fingerprint density at radius 2 is 1.84 bits per heavy atom. The molecule has 0 bridgehead atoms. The van der Waals surface area contributed by atoms with Gasteiger partial charge in [0, 0.05) is 42.2 Å². The number of ether oxygens (including phenoxy) is 1. The zero-order valence-corrected chi connectivity index (χ0v) is 24.8. The van der Waals surface area contributed by atoms with Gasteiger partial charge in [-0.1, -0.05) is 6.07 Å². The van der Waals surface area contributed by atoms with Crippen molar-refractivity contribution in [2.45, 2.75) is 13.0 Å². The third-order valence-electron chi connectivity index (χ3n) is 7.73. The number of furan rings is 1. The Hall–Kier alpha value is -5.23. The standard InChI is InChI=1S/C32H26FN5O5S/c1-34-32(39)29-21-14-20(23(37-44(3,40)41)16-27(21)43-31(29)18-4-7-19(33)8-5-18)22-9-6-17-12-13-38-25-10-11-28(42-2)35-24(25)15-26(38)30(17)36-22/h4-11,14-16,37H,12-13H2,1-3H3,(H,34,39). The van der Waals surface area contributed by atoms with E-state index in [1.54, 1.807) is 19.2 Å². The average Bonchev–Trinajstić information content (AvgIpc) is 3.57. The molecule has 0 unspecified atom stereocenters. The number of carbonyl (C=O) groups excluding carboxylic acids is 1. The second kappa shape index (κ2) is 10.2. The summed E-state index contributed by atoms with van der Waals surface area (Å²) in [7, 11) is -0.634. The van der Waals surface area contributed by atoms with Crippen molar-refractivity contribution in [3.05, 3.63) is 83.7 Å². The Balaban J connectivity index is 1.45. The van der Waals surface area contributed by atoms with Gasteiger partial charge in [-0.2, -0.15) is 0 Å². The van der Waals surface area contributed by atoms with E-state index in [0.29, 0.717) is 28.1 Å². The molecule has 2 aromatic carbocycles. The van der Waals surface area contributed by atoms with E-state index in [2.05, 4.69) is 19.6 Å². The summed E-state index contributed by atoms with van der Waals surface area (Å²) in [4.78, 5) is 22.8. The van der Waals surface area contributed by atoms with Gasteiger partial charge in [0.05, 0.1) is 52.7 Å². The van der Waals surface area contributed by atoms with Crippen LogP contribution in [0.1, 0.15) is 15.9 Å². The first kappa shape index (κ1) is 27.6. The van der Waals surface area contributed by atoms with Crippen molar-refractivity contribution >= 4 is 43.6 Å². The summed E-state index contributed by atoms with van der Waals surface area (Å²) in [5.74, 6) is -0.101. The predicted molar refractivity (Wildman–Crippen MR) is 166 cm³/mol. The molecule has 0 saturated carbocycles. The maximum atomic E-state index is 13.7. The van der Waals surface area contributed by atoms with Gasteiger partial charge in [-0.25, -0.2) is 22.8 Å². The van der Waals surface area contributed by atoms with Crippen molar-refractivity contribution in [3.8, 4) is 39.8 Å². The topological polar surface area (TPSA) is 128 Å². The summed E-state index contributed by atoms with van der Waals surface area (Å²) in [6, 6.07) is 18.4. The van der Waals surface area contributed by atoms with Crippen LogP contribution in [0.5, 0.6) is 5.88 Å². The van der Waals surface area contributed by atoms with E-state index in [1.807, 2.05) is 30.3 Å². The number of nitrogens with zero attached hydrogens (tertiary/aromatic N) is 3. The number of carbonyl (C=O) groups is 1. The van der Waals surface area contributed by atoms with Gasteiger partial charge in [0.2, 0.25) is 15.9 Å². The molecular weight excluding hydrogens is 585 g/mol. The van der Waals surface area contributed by atoms with Gasteiger partial charge in [-0.15, -0.1) is 0 Å². The number of methoxy groups -OCH3 is 1. The molecule has 0 radical (unpaired) electrons. The molecule has 1 amide bonds. The molecule has 222 valence electrons. The van der Waals surface area contributed by atoms with Crippen LogP contribution in [0.2, 0.25) is 0 Å². The van der Waals surface area contributed by atoms with Crippen LogP contribution >= 0.6 is 0 Å². The molecule has 0 spiro atoms. The van der Waals surface area contributed by atoms with Crippen molar-refractivity contribution in [1.82, 2.24) is 19.9 Å². The third kappa shape index (κ3) is 4.63. The van der Waals surface area contributed by atoms with Gasteiger partial charge >= 0.3 is 0 Å². The number of hydrogen-bond acceptors (Lipinski definition) is 7. The minimum Gasteiger partial charge on any atom is -0.481 e. The SMILES string of the molecule is CNC(=O)c1c(-c2ccc(F)cc2)oc2cc(NS(C)(=O)=O)c(-c3ccc4c(n3)-c3cc5nc(OC)ccc5n3CC4)cc12. The highest BCUT2D eigenvalue weighted by atomic mass is 32.2. The third-order valence-corrected chi connectivity index (χ3v) is 8.32. The molecule has 10 nitrogen and oxygen atoms in total. The zero-order valence-electron chi connectivity index (χ0n) is 23.9. The van der Waals surface area contributed by atoms with E-state index < -0.39 is 21.7 Å². The van der Waals surface area contributed by atoms with Gasteiger partial charge in [-0.3, -0.25) is 9.52 Å². The second-order valence-corrected chi connectivity index (χ2v) is 12.3. The number of fused-ring (bicyclic) bond motifs is 6. The molecule has 0 saturated heterocycles. The van der Waals surface area contributed by atoms with Gasteiger partial charge in [-0.05, 0) is 60.5 Å². The Labute approximate surface area is 251 Å². The summed E-state index contributed by atoms with van der Waals surface area (Å²) in [5.41, 5.74) is 6.60. The van der Waals surface area contributed by atoms with Gasteiger partial charge in [0.25, 0.3) is 5.91 Å². The fourth-order valence-electron chi connectivity index (χ4n) is 5.76. The van der Waals surface area contributed by atoms with Gasteiger partial charge < -0.3 is 19.0 Å². The van der Waals surface area contributed by atoms with Crippen molar-refractivity contribution in [3.63, 3.8) is 0 Å². The molecule has 4 aromatic heterocycles. The van der Waals surface area contributed by atoms with E-state index in [9.17, 15) is 17.6 Å². The number of aromatic nitrogens is 3. The van der Waals surface area contributed by atoms with E-state index in [0.717, 1.165) is 47.2 Å². The molecule has 2 N–H and O–H groups in total. The number of pyridine rings is 2. The quantitative estimate of drug-likeness (QED) is 0.250. The molecule has 0 fully saturated rings. The Morgan fingerprint density at radius 3 is 2.57 bits per heavy atom. The van der Waals surface area contributed by atoms with Crippen LogP contribution in [-0.2, 0) is 23.0 Å². The first-order valence-electron chi connectivity index (χ1n) is 13.7. The molecule has 0 aliphatic carbocycles. The lowest BCUT2D eigenvalue weighted by Crippen LogP contribution is -2.18. The number of nitrogens with one attached hydrogen (secondary N) is 2. The van der Waals surface area contributed by atoms with E-state index in [1.165, 1.54) is 31.3 Å². The van der Waals surface area contributed by atoms with Crippen LogP contribution in [0.25, 0.3) is 56.0 Å². The number of aryl methyl sites for hydroxylation is 2. The normalized spacial score (nSPS) is 12.6. The van der Waals surface area contributed by atoms with Crippen LogP contribution in [0.15, 0.2) is 71.1 Å². The zero-order chi connectivity index (χ0) is 30.7. The fourth-order valence-corrected chi connectivity index (χ4v) is 6.33. The monoisotopic (exact) mass is 611 g/mol. The summed E-state index contributed by atoms with van der Waals surface area (Å²) in [5, 5.41) is 3.10. The minimum atomic E-state index is -3.71. The lowest BCUT2D eigenvalue weighted by molar-refractivity contribution is 0.0964. The fraction of sp³-hybridized carbons (Fsp3) is 0.156.